The highest BCUT2D eigenvalue weighted by Crippen LogP contribution is 2.47. The van der Waals surface area contributed by atoms with Gasteiger partial charge in [-0.3, -0.25) is 9.36 Å². The molecule has 0 fully saturated rings. The molecule has 0 spiro atoms. The molecule has 0 amide bonds. The van der Waals surface area contributed by atoms with Crippen LogP contribution >= 0.6 is 23.1 Å². The normalized spacial score (nSPS) is 15.8. The van der Waals surface area contributed by atoms with E-state index in [1.807, 2.05) is 49.0 Å². The third kappa shape index (κ3) is 4.26. The first kappa shape index (κ1) is 23.4. The van der Waals surface area contributed by atoms with Crippen LogP contribution in [0.4, 0.5) is 18.9 Å². The zero-order valence-corrected chi connectivity index (χ0v) is 19.3. The van der Waals surface area contributed by atoms with E-state index in [9.17, 15) is 18.0 Å². The molecule has 4 nitrogen and oxygen atoms in total. The predicted molar refractivity (Wildman–Crippen MR) is 114 cm³/mol. The van der Waals surface area contributed by atoms with Crippen LogP contribution in [0.1, 0.15) is 18.2 Å². The topological polar surface area (TPSA) is 29.1 Å². The number of rotatable bonds is 2. The second-order valence-corrected chi connectivity index (χ2v) is 8.91. The lowest BCUT2D eigenvalue weighted by molar-refractivity contribution is -0.673. The molecule has 0 atom stereocenters. The van der Waals surface area contributed by atoms with Crippen LogP contribution in [0.2, 0.25) is 0 Å². The first-order chi connectivity index (χ1) is 14.2. The summed E-state index contributed by atoms with van der Waals surface area (Å²) in [7, 11) is 3.63. The first-order valence-corrected chi connectivity index (χ1v) is 10.9. The summed E-state index contributed by atoms with van der Waals surface area (Å²) in [6, 6.07) is 9.50. The summed E-state index contributed by atoms with van der Waals surface area (Å²) in [4.78, 5) is 15.5. The number of aromatic nitrogens is 2. The maximum absolute atomic E-state index is 13.1. The maximum Gasteiger partial charge on any atom is 0.416 e. The van der Waals surface area contributed by atoms with Gasteiger partial charge in [-0.1, -0.05) is 11.8 Å². The van der Waals surface area contributed by atoms with Gasteiger partial charge >= 0.3 is 6.18 Å². The summed E-state index contributed by atoms with van der Waals surface area (Å²) in [5.41, 5.74) is 0.576. The van der Waals surface area contributed by atoms with Crippen molar-refractivity contribution in [3.63, 3.8) is 0 Å². The van der Waals surface area contributed by atoms with Crippen molar-refractivity contribution in [1.82, 2.24) is 4.57 Å². The molecule has 2 aromatic heterocycles. The van der Waals surface area contributed by atoms with Gasteiger partial charge in [0.1, 0.15) is 21.3 Å². The number of nitrogens with zero attached hydrogens (tertiary/aromatic N) is 3. The van der Waals surface area contributed by atoms with Gasteiger partial charge in [0.15, 0.2) is 6.20 Å². The Morgan fingerprint density at radius 1 is 1.19 bits per heavy atom. The zero-order chi connectivity index (χ0) is 21.6. The molecule has 4 rings (SSSR count). The Kier molecular flexibility index (Phi) is 6.59. The monoisotopic (exact) mass is 485 g/mol. The van der Waals surface area contributed by atoms with E-state index in [-0.39, 0.29) is 18.0 Å². The van der Waals surface area contributed by atoms with Gasteiger partial charge in [0.05, 0.1) is 11.3 Å². The van der Waals surface area contributed by atoms with Gasteiger partial charge in [0.2, 0.25) is 5.69 Å². The quantitative estimate of drug-likeness (QED) is 0.475. The Labute approximate surface area is 191 Å². The summed E-state index contributed by atoms with van der Waals surface area (Å²) >= 11 is 2.68. The van der Waals surface area contributed by atoms with E-state index in [2.05, 4.69) is 0 Å². The molecule has 3 aromatic rings. The molecule has 0 radical (unpaired) electrons. The lowest BCUT2D eigenvalue weighted by atomic mass is 10.2. The number of pyridine rings is 1. The van der Waals surface area contributed by atoms with E-state index in [1.165, 1.54) is 29.2 Å². The van der Waals surface area contributed by atoms with Crippen molar-refractivity contribution in [1.29, 1.82) is 0 Å². The van der Waals surface area contributed by atoms with Crippen molar-refractivity contribution < 1.29 is 30.1 Å². The van der Waals surface area contributed by atoms with E-state index in [4.69, 9.17) is 0 Å². The highest BCUT2D eigenvalue weighted by Gasteiger charge is 2.33. The molecule has 0 saturated heterocycles. The summed E-state index contributed by atoms with van der Waals surface area (Å²) in [6.45, 7) is 2.41. The molecule has 10 heteroatoms. The second kappa shape index (κ2) is 8.72. The van der Waals surface area contributed by atoms with Crippen molar-refractivity contribution >= 4 is 39.9 Å². The van der Waals surface area contributed by atoms with E-state index >= 15 is 0 Å². The molecule has 0 aliphatic carbocycles. The number of thioether (sulfide) groups is 1. The van der Waals surface area contributed by atoms with Gasteiger partial charge in [-0.2, -0.15) is 13.2 Å². The molecule has 3 heterocycles. The standard InChI is InChI=1S/C21H19F3N3OS2.ClH/c1-4-27-17(12-14-7-5-6-10-25(14)2)30-18(19(27)28)20-26(3)15-11-13(21(22,23)24)8-9-16(15)29-20;/h5-12H,4H2,1-3H3;1H/q+1;/p-1/b20-18+;. The number of aryl methyl sites for hydroxylation is 1. The number of benzene rings is 1. The van der Waals surface area contributed by atoms with Crippen LogP contribution in [-0.2, 0) is 19.8 Å². The molecule has 0 unspecified atom stereocenters. The Hall–Kier alpha value is -2.23. The number of fused-ring (bicyclic) bond motifs is 1. The summed E-state index contributed by atoms with van der Waals surface area (Å²) in [5.74, 6) is 0. The zero-order valence-electron chi connectivity index (χ0n) is 16.9. The van der Waals surface area contributed by atoms with E-state index in [1.54, 1.807) is 16.5 Å². The molecular formula is C21H19ClF3N3OS2. The van der Waals surface area contributed by atoms with Gasteiger partial charge in [-0.05, 0) is 31.2 Å². The first-order valence-electron chi connectivity index (χ1n) is 9.24. The van der Waals surface area contributed by atoms with E-state index in [0.29, 0.717) is 26.7 Å². The van der Waals surface area contributed by atoms with Crippen molar-refractivity contribution in [3.8, 4) is 0 Å². The molecule has 164 valence electrons. The fraction of sp³-hybridized carbons (Fsp3) is 0.238. The van der Waals surface area contributed by atoms with Crippen molar-refractivity contribution in [2.24, 2.45) is 7.05 Å². The molecule has 1 aliphatic heterocycles. The average Bonchev–Trinajstić information content (AvgIpc) is 3.19. The highest BCUT2D eigenvalue weighted by molar-refractivity contribution is 8.08. The Morgan fingerprint density at radius 2 is 1.94 bits per heavy atom. The van der Waals surface area contributed by atoms with Crippen molar-refractivity contribution in [2.45, 2.75) is 24.5 Å². The number of alkyl halides is 3. The minimum absolute atomic E-state index is 0. The third-order valence-corrected chi connectivity index (χ3v) is 7.43. The molecule has 1 aliphatic rings. The number of hydrogen-bond acceptors (Lipinski definition) is 4. The van der Waals surface area contributed by atoms with Crippen molar-refractivity contribution in [3.05, 3.63) is 73.4 Å². The molecule has 31 heavy (non-hydrogen) atoms. The van der Waals surface area contributed by atoms with Crippen LogP contribution in [-0.4, -0.2) is 11.6 Å². The van der Waals surface area contributed by atoms with Crippen molar-refractivity contribution in [2.75, 3.05) is 11.9 Å². The van der Waals surface area contributed by atoms with Gasteiger partial charge in [-0.15, -0.1) is 11.3 Å². The second-order valence-electron chi connectivity index (χ2n) is 6.85. The maximum atomic E-state index is 13.1. The lowest BCUT2D eigenvalue weighted by Crippen LogP contribution is -3.00. The van der Waals surface area contributed by atoms with Gasteiger partial charge in [-0.25, -0.2) is 4.57 Å². The fourth-order valence-electron chi connectivity index (χ4n) is 3.30. The van der Waals surface area contributed by atoms with Gasteiger partial charge in [0.25, 0.3) is 5.56 Å². The number of hydrogen-bond donors (Lipinski definition) is 0. The van der Waals surface area contributed by atoms with E-state index < -0.39 is 11.7 Å². The molecule has 1 aromatic carbocycles. The number of anilines is 1. The number of thiazole rings is 1. The Morgan fingerprint density at radius 3 is 2.58 bits per heavy atom. The van der Waals surface area contributed by atoms with Crippen LogP contribution in [0, 0.1) is 0 Å². The Bertz CT molecular complexity index is 1310. The van der Waals surface area contributed by atoms with Gasteiger partial charge < -0.3 is 17.3 Å². The lowest BCUT2D eigenvalue weighted by Gasteiger charge is -2.14. The van der Waals surface area contributed by atoms with Crippen LogP contribution < -0.4 is 36.6 Å². The molecular weight excluding hydrogens is 467 g/mol. The average molecular weight is 486 g/mol. The SMILES string of the molecule is CCn1c(=O)/c(=C2\Sc3ccc(C(F)(F)F)cc3N2C)s/c1=C\c1cccc[n+]1C.[Cl-]. The molecule has 0 N–H and O–H groups in total. The molecule has 0 bridgehead atoms. The van der Waals surface area contributed by atoms with E-state index in [0.717, 1.165) is 22.5 Å². The summed E-state index contributed by atoms with van der Waals surface area (Å²) < 4.78 is 44.3. The molecule has 0 saturated carbocycles. The largest absolute Gasteiger partial charge is 1.00 e. The smallest absolute Gasteiger partial charge is 0.416 e. The van der Waals surface area contributed by atoms with Crippen LogP contribution in [0.5, 0.6) is 0 Å². The fourth-order valence-corrected chi connectivity index (χ4v) is 5.75. The number of halogens is 4. The predicted octanol–water partition coefficient (Wildman–Crippen LogP) is -0.0864. The van der Waals surface area contributed by atoms with Crippen LogP contribution in [0.3, 0.4) is 0 Å². The minimum Gasteiger partial charge on any atom is -1.00 e. The highest BCUT2D eigenvalue weighted by atomic mass is 35.5. The minimum atomic E-state index is -4.41. The Balaban J connectivity index is 0.00000272. The summed E-state index contributed by atoms with van der Waals surface area (Å²) in [5, 5.41) is 0.651. The van der Waals surface area contributed by atoms with Crippen LogP contribution in [0.25, 0.3) is 11.1 Å². The van der Waals surface area contributed by atoms with Gasteiger partial charge in [0, 0.05) is 36.7 Å². The summed E-state index contributed by atoms with van der Waals surface area (Å²) in [6.07, 6.45) is -0.526. The van der Waals surface area contributed by atoms with Crippen LogP contribution in [0.15, 0.2) is 52.3 Å². The third-order valence-electron chi connectivity index (χ3n) is 4.95.